The molecule has 4 aromatic carbocycles. The third kappa shape index (κ3) is 21.3. The number of ether oxygens (including phenoxy) is 1. The van der Waals surface area contributed by atoms with E-state index in [4.69, 9.17) is 9.72 Å². The van der Waals surface area contributed by atoms with Crippen LogP contribution < -0.4 is 31.9 Å². The number of thiazole rings is 4. The van der Waals surface area contributed by atoms with Gasteiger partial charge in [0.15, 0.2) is 32.6 Å². The smallest absolute Gasteiger partial charge is 0.321 e. The number of pyridine rings is 4. The van der Waals surface area contributed by atoms with E-state index in [1.807, 2.05) is 149 Å². The van der Waals surface area contributed by atoms with Crippen LogP contribution in [0.3, 0.4) is 0 Å². The summed E-state index contributed by atoms with van der Waals surface area (Å²) in [5.41, 5.74) is 14.4. The van der Waals surface area contributed by atoms with Crippen LogP contribution in [0, 0.1) is 0 Å². The minimum absolute atomic E-state index is 0.0299. The Balaban J connectivity index is 0.000000137. The molecule has 1 fully saturated rings. The number of ketones is 1. The molecule has 6 atom stereocenters. The zero-order chi connectivity index (χ0) is 88.5. The minimum atomic E-state index is -1.55. The number of carbonyl (C=O) groups is 4. The molecular formula is C88H87N23O11S4. The number of fused-ring (bicyclic) bond motifs is 4. The first kappa shape index (κ1) is 88.9. The van der Waals surface area contributed by atoms with Crippen LogP contribution in [0.4, 0.5) is 29.8 Å². The molecule has 16 aromatic rings. The van der Waals surface area contributed by atoms with Crippen molar-refractivity contribution in [1.29, 1.82) is 0 Å². The number of hydrogen-bond donors (Lipinski definition) is 12. The molecule has 6 amide bonds. The standard InChI is InChI=1S/C24H24N6O4S.C22H22N6O3S.C21H20N6O2S.C21H21N5O2S/c1-2-25-22(32)30-23-29-18-10-14(9-16(20(18)35-23)17-5-3-4-7-26-17)15-11-27-21(28-12-15)24(33)6-8-34-13-19(24)31;1-3-23-21(31)28-22-27-17-9-13(14-10-25-20(26-11-14)18(30)12(2)29)8-15(19(17)32-22)16-6-4-5-7-24-16;1-3-22-20(29)27-21-26-16-9-13(18-11-24-17(10-25-18)12(2)28)8-14(19(16)30-21)15-6-4-5-7-23-15;1-3-6-15(28)11-20-23-18-10-14(26-12-19(13(2)27)24-25-26)9-16(21(18)29-20)17-7-4-5-8-22-17/h3-5,7,9-12,19,31,33H,2,6,8,13H2,1H3,(H2,25,29,30,32);4-12,18,29-30H,3H2,1-2H3,(H2,23,27,28,31);4-12,28H,3H2,1-2H3,(H2,22,26,27,29);4-5,7-10,12-13,27H,3,6,11H2,1-2H3/t;12-,18-;;/m.0../s1. The Morgan fingerprint density at radius 3 is 1.35 bits per heavy atom. The fourth-order valence-corrected chi connectivity index (χ4v) is 17.1. The molecule has 34 nitrogen and oxygen atoms in total. The van der Waals surface area contributed by atoms with Crippen LogP contribution in [0.1, 0.15) is 114 Å². The number of aromatic nitrogens is 17. The second-order valence-corrected chi connectivity index (χ2v) is 32.8. The average molecular weight is 1770 g/mol. The highest BCUT2D eigenvalue weighted by molar-refractivity contribution is 7.23. The van der Waals surface area contributed by atoms with Gasteiger partial charge in [-0.1, -0.05) is 70.4 Å². The van der Waals surface area contributed by atoms with Gasteiger partial charge >= 0.3 is 18.1 Å². The Hall–Kier alpha value is -13.4. The summed E-state index contributed by atoms with van der Waals surface area (Å²) in [6.45, 7) is 14.2. The van der Waals surface area contributed by atoms with Crippen molar-refractivity contribution in [2.24, 2.45) is 0 Å². The van der Waals surface area contributed by atoms with Crippen molar-refractivity contribution in [1.82, 2.24) is 101 Å². The molecule has 1 saturated heterocycles. The molecule has 12 N–H and O–H groups in total. The van der Waals surface area contributed by atoms with Gasteiger partial charge in [-0.3, -0.25) is 50.6 Å². The lowest BCUT2D eigenvalue weighted by Crippen LogP contribution is -2.48. The van der Waals surface area contributed by atoms with Gasteiger partial charge in [0.2, 0.25) is 0 Å². The van der Waals surface area contributed by atoms with E-state index in [2.05, 4.69) is 107 Å². The van der Waals surface area contributed by atoms with Gasteiger partial charge in [-0.05, 0) is 156 Å². The summed E-state index contributed by atoms with van der Waals surface area (Å²) in [6, 6.07) is 37.4. The summed E-state index contributed by atoms with van der Waals surface area (Å²) in [7, 11) is 0. The van der Waals surface area contributed by atoms with E-state index < -0.39 is 36.1 Å². The maximum Gasteiger partial charge on any atom is 0.321 e. The van der Waals surface area contributed by atoms with Gasteiger partial charge in [0, 0.05) is 128 Å². The highest BCUT2D eigenvalue weighted by Crippen LogP contribution is 2.43. The molecule has 0 saturated carbocycles. The fourth-order valence-electron chi connectivity index (χ4n) is 13.1. The van der Waals surface area contributed by atoms with Crippen LogP contribution in [0.2, 0.25) is 0 Å². The number of anilines is 3. The minimum Gasteiger partial charge on any atom is -0.390 e. The van der Waals surface area contributed by atoms with E-state index >= 15 is 0 Å². The fraction of sp³-hybridized carbons (Fsp3) is 0.250. The first-order valence-corrected chi connectivity index (χ1v) is 43.5. The molecule has 644 valence electrons. The van der Waals surface area contributed by atoms with Gasteiger partial charge in [-0.25, -0.2) is 58.9 Å². The molecule has 12 aromatic heterocycles. The molecule has 0 bridgehead atoms. The van der Waals surface area contributed by atoms with Crippen LogP contribution in [0.5, 0.6) is 0 Å². The number of amides is 6. The highest BCUT2D eigenvalue weighted by atomic mass is 32.1. The van der Waals surface area contributed by atoms with Gasteiger partial charge in [0.25, 0.3) is 0 Å². The van der Waals surface area contributed by atoms with Crippen molar-refractivity contribution in [3.63, 3.8) is 0 Å². The highest BCUT2D eigenvalue weighted by Gasteiger charge is 2.43. The van der Waals surface area contributed by atoms with Gasteiger partial charge in [-0.15, -0.1) is 16.4 Å². The Morgan fingerprint density at radius 1 is 0.492 bits per heavy atom. The second kappa shape index (κ2) is 41.0. The number of nitrogens with one attached hydrogen (secondary N) is 6. The van der Waals surface area contributed by atoms with Gasteiger partial charge < -0.3 is 51.3 Å². The van der Waals surface area contributed by atoms with Gasteiger partial charge in [-0.2, -0.15) is 0 Å². The maximum absolute atomic E-state index is 12.1. The largest absolute Gasteiger partial charge is 0.390 e. The summed E-state index contributed by atoms with van der Waals surface area (Å²) in [5, 5.41) is 86.9. The zero-order valence-corrected chi connectivity index (χ0v) is 72.4. The van der Waals surface area contributed by atoms with Gasteiger partial charge in [0.1, 0.15) is 28.7 Å². The number of rotatable bonds is 23. The summed E-state index contributed by atoms with van der Waals surface area (Å²) in [5.74, 6) is 0.506. The first-order chi connectivity index (χ1) is 61.0. The molecule has 126 heavy (non-hydrogen) atoms. The number of aliphatic hydroxyl groups is 6. The number of urea groups is 3. The quantitative estimate of drug-likeness (QED) is 0.0283. The molecule has 4 unspecified atom stereocenters. The van der Waals surface area contributed by atoms with Crippen LogP contribution in [-0.2, 0) is 21.6 Å². The molecule has 38 heteroatoms. The lowest BCUT2D eigenvalue weighted by molar-refractivity contribution is -0.162. The normalized spacial score (nSPS) is 14.6. The molecule has 0 radical (unpaired) electrons. The topological polar surface area (TPSA) is 482 Å². The Kier molecular flexibility index (Phi) is 28.9. The lowest BCUT2D eigenvalue weighted by atomic mass is 9.90. The summed E-state index contributed by atoms with van der Waals surface area (Å²) >= 11 is 5.66. The molecule has 0 spiro atoms. The molecule has 0 aliphatic carbocycles. The third-order valence-electron chi connectivity index (χ3n) is 19.5. The van der Waals surface area contributed by atoms with Crippen molar-refractivity contribution in [2.75, 3.05) is 48.8 Å². The van der Waals surface area contributed by atoms with E-state index in [9.17, 15) is 49.8 Å². The second-order valence-electron chi connectivity index (χ2n) is 28.7. The summed E-state index contributed by atoms with van der Waals surface area (Å²) in [4.78, 5) is 110. The molecule has 1 aliphatic rings. The van der Waals surface area contributed by atoms with Crippen molar-refractivity contribution < 1.29 is 54.6 Å². The number of carbonyl (C=O) groups excluding carboxylic acids is 4. The summed E-state index contributed by atoms with van der Waals surface area (Å²) < 4.78 is 10.5. The maximum atomic E-state index is 12.1. The molecule has 17 rings (SSSR count). The predicted octanol–water partition coefficient (Wildman–Crippen LogP) is 14.2. The van der Waals surface area contributed by atoms with Crippen LogP contribution in [0.25, 0.3) is 125 Å². The Bertz CT molecular complexity index is 6450. The van der Waals surface area contributed by atoms with E-state index in [1.54, 1.807) is 86.7 Å². The number of hydrogen-bond acceptors (Lipinski definition) is 31. The first-order valence-electron chi connectivity index (χ1n) is 40.2. The Morgan fingerprint density at radius 2 is 0.937 bits per heavy atom. The van der Waals surface area contributed by atoms with Crippen LogP contribution >= 0.6 is 45.3 Å². The third-order valence-corrected chi connectivity index (χ3v) is 23.6. The Labute approximate surface area is 737 Å². The number of aliphatic hydroxyl groups excluding tert-OH is 5. The molecular weight excluding hydrogens is 1680 g/mol. The van der Waals surface area contributed by atoms with Crippen LogP contribution in [-0.4, -0.2) is 184 Å². The molecule has 13 heterocycles. The van der Waals surface area contributed by atoms with Crippen LogP contribution in [0.15, 0.2) is 189 Å². The zero-order valence-electron chi connectivity index (χ0n) is 69.1. The van der Waals surface area contributed by atoms with Crippen molar-refractivity contribution in [3.8, 4) is 84.2 Å². The van der Waals surface area contributed by atoms with E-state index in [-0.39, 0.29) is 48.6 Å². The number of nitrogens with zero attached hydrogens (tertiary/aromatic N) is 17. The van der Waals surface area contributed by atoms with Crippen molar-refractivity contribution >= 4 is 125 Å². The predicted molar refractivity (Wildman–Crippen MR) is 484 cm³/mol. The lowest BCUT2D eigenvalue weighted by Gasteiger charge is -2.35. The van der Waals surface area contributed by atoms with Crippen molar-refractivity contribution in [2.45, 2.75) is 110 Å². The number of benzene rings is 4. The SMILES string of the molecule is CCCC(=O)Cc1nc2cc(-n3cc(C(C)O)nn3)cc(-c3ccccn3)c2s1.CCNC(=O)Nc1nc2cc(-c3cnc(C(C)O)cn3)cc(-c3ccccn3)c2s1.CCNC(=O)Nc1nc2cc(-c3cnc(C4(O)CCOCC4O)nc3)cc(-c3ccccn3)c2s1.CCNC(=O)Nc1nc2cc(-c3cnc([C@@H](O)[C@H](C)O)nc3)cc(-c3ccccn3)c2s1. The monoisotopic (exact) mass is 1770 g/mol. The average Bonchev–Trinajstić information content (AvgIpc) is 1.62. The van der Waals surface area contributed by atoms with Crippen molar-refractivity contribution in [3.05, 3.63) is 218 Å². The number of Topliss-reactive ketones (excluding diaryl/α,β-unsaturated/α-hetero) is 1. The van der Waals surface area contributed by atoms with Gasteiger partial charge in [0.05, 0.1) is 131 Å². The van der Waals surface area contributed by atoms with E-state index in [0.29, 0.717) is 88.2 Å². The molecule has 1 aliphatic heterocycles. The van der Waals surface area contributed by atoms with E-state index in [1.165, 1.54) is 52.3 Å². The summed E-state index contributed by atoms with van der Waals surface area (Å²) in [6.07, 6.45) is 15.6. The van der Waals surface area contributed by atoms with E-state index in [0.717, 1.165) is 114 Å².